The van der Waals surface area contributed by atoms with Crippen LogP contribution in [0.3, 0.4) is 0 Å². The third-order valence-corrected chi connectivity index (χ3v) is 9.29. The zero-order chi connectivity index (χ0) is 15.6. The minimum Gasteiger partial charge on any atom is -0.102 e. The highest BCUT2D eigenvalue weighted by Gasteiger charge is 2.05. The summed E-state index contributed by atoms with van der Waals surface area (Å²) < 4.78 is 1.85. The quantitative estimate of drug-likeness (QED) is 0.407. The molecule has 0 bridgehead atoms. The molecule has 0 unspecified atom stereocenters. The van der Waals surface area contributed by atoms with E-state index in [1.54, 1.807) is 45.1 Å². The highest BCUT2D eigenvalue weighted by molar-refractivity contribution is 8.96. The summed E-state index contributed by atoms with van der Waals surface area (Å²) in [6.07, 6.45) is 0. The van der Waals surface area contributed by atoms with Crippen LogP contribution in [0.25, 0.3) is 0 Å². The zero-order valence-electron chi connectivity index (χ0n) is 11.6. The average molecular weight is 399 g/mol. The number of thiocarbonyl (C=S) groups is 2. The Kier molecular flexibility index (Phi) is 8.96. The Morgan fingerprint density at radius 2 is 1.00 bits per heavy atom. The van der Waals surface area contributed by atoms with E-state index < -0.39 is 0 Å². The molecule has 2 aromatic rings. The fourth-order valence-corrected chi connectivity index (χ4v) is 6.23. The van der Waals surface area contributed by atoms with E-state index in [9.17, 15) is 0 Å². The van der Waals surface area contributed by atoms with Gasteiger partial charge in [-0.25, -0.2) is 0 Å². The van der Waals surface area contributed by atoms with Gasteiger partial charge < -0.3 is 0 Å². The van der Waals surface area contributed by atoms with Gasteiger partial charge >= 0.3 is 0 Å². The molecule has 0 heterocycles. The lowest BCUT2D eigenvalue weighted by Crippen LogP contribution is -1.85. The molecule has 22 heavy (non-hydrogen) atoms. The second kappa shape index (κ2) is 10.7. The van der Waals surface area contributed by atoms with Gasteiger partial charge in [-0.2, -0.15) is 0 Å². The Bertz CT molecular complexity index is 541. The van der Waals surface area contributed by atoms with Crippen molar-refractivity contribution in [2.45, 2.75) is 11.5 Å². The lowest BCUT2D eigenvalue weighted by molar-refractivity contribution is 1.43. The number of thioether (sulfide) groups is 2. The molecule has 0 nitrogen and oxygen atoms in total. The molecule has 0 atom stereocenters. The molecule has 0 aromatic heterocycles. The zero-order valence-corrected chi connectivity index (χ0v) is 16.5. The van der Waals surface area contributed by atoms with Crippen LogP contribution < -0.4 is 0 Å². The first kappa shape index (κ1) is 18.4. The van der Waals surface area contributed by atoms with Gasteiger partial charge in [0.15, 0.2) is 0 Å². The van der Waals surface area contributed by atoms with Gasteiger partial charge in [-0.15, -0.1) is 23.5 Å². The molecule has 0 fully saturated rings. The van der Waals surface area contributed by atoms with E-state index in [1.165, 1.54) is 11.1 Å². The van der Waals surface area contributed by atoms with Crippen molar-refractivity contribution >= 4 is 76.6 Å². The molecule has 0 spiro atoms. The van der Waals surface area contributed by atoms with E-state index in [4.69, 9.17) is 24.4 Å². The van der Waals surface area contributed by atoms with Crippen LogP contribution in [0, 0.1) is 0 Å². The Labute approximate surface area is 159 Å². The summed E-state index contributed by atoms with van der Waals surface area (Å²) in [6, 6.07) is 20.7. The molecule has 0 N–H and O–H groups in total. The van der Waals surface area contributed by atoms with Crippen molar-refractivity contribution in [3.8, 4) is 0 Å². The van der Waals surface area contributed by atoms with Gasteiger partial charge in [-0.05, 0) is 32.7 Å². The van der Waals surface area contributed by atoms with Crippen molar-refractivity contribution in [1.82, 2.24) is 0 Å². The highest BCUT2D eigenvalue weighted by atomic mass is 33.1. The Morgan fingerprint density at radius 1 is 0.636 bits per heavy atom. The van der Waals surface area contributed by atoms with E-state index in [-0.39, 0.29) is 0 Å². The van der Waals surface area contributed by atoms with Crippen LogP contribution in [0.15, 0.2) is 60.7 Å². The van der Waals surface area contributed by atoms with Crippen molar-refractivity contribution in [2.75, 3.05) is 0 Å². The Morgan fingerprint density at radius 3 is 1.36 bits per heavy atom. The summed E-state index contributed by atoms with van der Waals surface area (Å²) in [5.41, 5.74) is 2.59. The second-order valence-electron chi connectivity index (χ2n) is 4.22. The van der Waals surface area contributed by atoms with Crippen LogP contribution in [-0.4, -0.2) is 7.06 Å². The SMILES string of the molecule is S=C(SCc1ccccc1)SSC(=S)SCc1ccccc1. The molecule has 0 saturated carbocycles. The first-order chi connectivity index (χ1) is 10.7. The fraction of sp³-hybridized carbons (Fsp3) is 0.125. The summed E-state index contributed by atoms with van der Waals surface area (Å²) in [5.74, 6) is 1.83. The predicted octanol–water partition coefficient (Wildman–Crippen LogP) is 6.80. The van der Waals surface area contributed by atoms with E-state index in [1.807, 2.05) is 12.1 Å². The molecule has 6 heteroatoms. The van der Waals surface area contributed by atoms with Crippen molar-refractivity contribution < 1.29 is 0 Å². The molecule has 0 aliphatic rings. The summed E-state index contributed by atoms with van der Waals surface area (Å²) in [4.78, 5) is 0. The van der Waals surface area contributed by atoms with E-state index in [0.29, 0.717) is 0 Å². The van der Waals surface area contributed by atoms with Crippen molar-refractivity contribution in [3.63, 3.8) is 0 Å². The molecule has 0 amide bonds. The van der Waals surface area contributed by atoms with Gasteiger partial charge in [0.2, 0.25) is 0 Å². The predicted molar refractivity (Wildman–Crippen MR) is 116 cm³/mol. The van der Waals surface area contributed by atoms with Crippen LogP contribution in [0.1, 0.15) is 11.1 Å². The van der Waals surface area contributed by atoms with Crippen molar-refractivity contribution in [1.29, 1.82) is 0 Å². The molecule has 114 valence electrons. The van der Waals surface area contributed by atoms with Gasteiger partial charge in [-0.1, -0.05) is 85.1 Å². The first-order valence-electron chi connectivity index (χ1n) is 6.50. The minimum atomic E-state index is 0.914. The average Bonchev–Trinajstić information content (AvgIpc) is 2.58. The lowest BCUT2D eigenvalue weighted by atomic mass is 10.2. The van der Waals surface area contributed by atoms with Gasteiger partial charge in [0.25, 0.3) is 0 Å². The summed E-state index contributed by atoms with van der Waals surface area (Å²) in [6.45, 7) is 0. The second-order valence-corrected chi connectivity index (χ2v) is 10.7. The molecular formula is C16H14S6. The van der Waals surface area contributed by atoms with Crippen LogP contribution in [0.5, 0.6) is 0 Å². The van der Waals surface area contributed by atoms with Crippen molar-refractivity contribution in [2.24, 2.45) is 0 Å². The third-order valence-electron chi connectivity index (χ3n) is 2.58. The molecule has 0 radical (unpaired) electrons. The molecule has 0 aliphatic heterocycles. The topological polar surface area (TPSA) is 0 Å². The molecule has 2 aromatic carbocycles. The lowest BCUT2D eigenvalue weighted by Gasteiger charge is -2.04. The van der Waals surface area contributed by atoms with Crippen LogP contribution in [0.4, 0.5) is 0 Å². The number of hydrogen-bond acceptors (Lipinski definition) is 6. The van der Waals surface area contributed by atoms with Crippen LogP contribution in [-0.2, 0) is 11.5 Å². The van der Waals surface area contributed by atoms with Crippen molar-refractivity contribution in [3.05, 3.63) is 71.8 Å². The first-order valence-corrected chi connectivity index (χ1v) is 11.4. The monoisotopic (exact) mass is 398 g/mol. The molecular weight excluding hydrogens is 385 g/mol. The van der Waals surface area contributed by atoms with Gasteiger partial charge in [0.1, 0.15) is 7.06 Å². The maximum atomic E-state index is 5.39. The Hall–Kier alpha value is 0.0200. The number of hydrogen-bond donors (Lipinski definition) is 0. The van der Waals surface area contributed by atoms with Gasteiger partial charge in [0.05, 0.1) is 0 Å². The maximum absolute atomic E-state index is 5.39. The van der Waals surface area contributed by atoms with Crippen LogP contribution >= 0.6 is 69.5 Å². The maximum Gasteiger partial charge on any atom is 0.115 e. The van der Waals surface area contributed by atoms with Gasteiger partial charge in [-0.3, -0.25) is 0 Å². The number of rotatable bonds is 4. The Balaban J connectivity index is 1.62. The fourth-order valence-electron chi connectivity index (χ4n) is 1.55. The third kappa shape index (κ3) is 7.53. The van der Waals surface area contributed by atoms with E-state index >= 15 is 0 Å². The van der Waals surface area contributed by atoms with E-state index in [0.717, 1.165) is 18.6 Å². The summed E-state index contributed by atoms with van der Waals surface area (Å²) >= 11 is 14.2. The summed E-state index contributed by atoms with van der Waals surface area (Å²) in [5, 5.41) is 0. The summed E-state index contributed by atoms with van der Waals surface area (Å²) in [7, 11) is 3.18. The minimum absolute atomic E-state index is 0.914. The standard InChI is InChI=1S/C16H14S6/c17-15(19-11-13-7-3-1-4-8-13)21-22-16(18)20-12-14-9-5-2-6-10-14/h1-10H,11-12H2. The van der Waals surface area contributed by atoms with E-state index in [2.05, 4.69) is 48.5 Å². The molecule has 2 rings (SSSR count). The normalized spacial score (nSPS) is 10.4. The number of benzene rings is 2. The molecule has 0 aliphatic carbocycles. The largest absolute Gasteiger partial charge is 0.115 e. The highest BCUT2D eigenvalue weighted by Crippen LogP contribution is 2.36. The molecule has 0 saturated heterocycles. The van der Waals surface area contributed by atoms with Crippen LogP contribution in [0.2, 0.25) is 0 Å². The van der Waals surface area contributed by atoms with Gasteiger partial charge in [0, 0.05) is 11.5 Å². The smallest absolute Gasteiger partial charge is 0.102 e.